The number of rotatable bonds is 2. The molecule has 0 amide bonds. The third-order valence-electron chi connectivity index (χ3n) is 3.45. The minimum atomic E-state index is -0.610. The largest absolute Gasteiger partial charge is 0.468 e. The van der Waals surface area contributed by atoms with Crippen LogP contribution in [0.2, 0.25) is 0 Å². The lowest BCUT2D eigenvalue weighted by Gasteiger charge is -2.35. The fourth-order valence-electron chi connectivity index (χ4n) is 2.28. The number of hydrogen-bond acceptors (Lipinski definition) is 4. The summed E-state index contributed by atoms with van der Waals surface area (Å²) < 4.78 is 6.57. The molecule has 2 heterocycles. The number of nitrogens with zero attached hydrogens (tertiary/aromatic N) is 3. The molecule has 1 fully saturated rings. The number of carbonyl (C=O) groups excluding carboxylic acids is 1. The van der Waals surface area contributed by atoms with E-state index < -0.39 is 5.41 Å². The summed E-state index contributed by atoms with van der Waals surface area (Å²) in [5.41, 5.74) is 0.151. The number of pyridine rings is 1. The normalized spacial score (nSPS) is 17.7. The fourth-order valence-corrected chi connectivity index (χ4v) is 2.28. The zero-order valence-electron chi connectivity index (χ0n) is 9.59. The summed E-state index contributed by atoms with van der Waals surface area (Å²) in [4.78, 5) is 16.3. The molecule has 1 aliphatic carbocycles. The molecule has 0 atom stereocenters. The molecule has 0 aliphatic heterocycles. The first-order valence-corrected chi connectivity index (χ1v) is 5.66. The van der Waals surface area contributed by atoms with E-state index in [0.717, 1.165) is 24.9 Å². The van der Waals surface area contributed by atoms with Gasteiger partial charge in [-0.15, -0.1) is 0 Å². The number of carbonyl (C=O) groups is 1. The zero-order chi connectivity index (χ0) is 11.9. The third kappa shape index (κ3) is 1.35. The Labute approximate surface area is 98.4 Å². The van der Waals surface area contributed by atoms with E-state index in [9.17, 15) is 4.79 Å². The first-order valence-electron chi connectivity index (χ1n) is 5.66. The first kappa shape index (κ1) is 10.3. The molecule has 0 N–H and O–H groups in total. The van der Waals surface area contributed by atoms with Crippen molar-refractivity contribution in [2.75, 3.05) is 7.11 Å². The quantitative estimate of drug-likeness (QED) is 0.731. The van der Waals surface area contributed by atoms with Crippen LogP contribution < -0.4 is 0 Å². The van der Waals surface area contributed by atoms with Crippen molar-refractivity contribution >= 4 is 11.6 Å². The van der Waals surface area contributed by atoms with Crippen LogP contribution in [0.3, 0.4) is 0 Å². The van der Waals surface area contributed by atoms with Gasteiger partial charge in [-0.2, -0.15) is 5.10 Å². The van der Waals surface area contributed by atoms with Crippen molar-refractivity contribution in [3.63, 3.8) is 0 Å². The minimum absolute atomic E-state index is 0.223. The van der Waals surface area contributed by atoms with E-state index in [1.54, 1.807) is 4.52 Å². The molecule has 0 radical (unpaired) electrons. The summed E-state index contributed by atoms with van der Waals surface area (Å²) in [6.45, 7) is 0. The lowest BCUT2D eigenvalue weighted by molar-refractivity contribution is -0.151. The Balaban J connectivity index is 2.10. The maximum atomic E-state index is 11.9. The third-order valence-corrected chi connectivity index (χ3v) is 3.45. The van der Waals surface area contributed by atoms with Crippen LogP contribution in [0.1, 0.15) is 25.1 Å². The molecule has 88 valence electrons. The van der Waals surface area contributed by atoms with E-state index in [4.69, 9.17) is 4.74 Å². The van der Waals surface area contributed by atoms with Gasteiger partial charge in [0.1, 0.15) is 5.41 Å². The highest BCUT2D eigenvalue weighted by Crippen LogP contribution is 2.43. The van der Waals surface area contributed by atoms with Gasteiger partial charge in [0, 0.05) is 6.20 Å². The average molecular weight is 231 g/mol. The number of aromatic nitrogens is 3. The average Bonchev–Trinajstić information content (AvgIpc) is 2.70. The summed E-state index contributed by atoms with van der Waals surface area (Å²) in [7, 11) is 1.41. The van der Waals surface area contributed by atoms with Crippen molar-refractivity contribution < 1.29 is 9.53 Å². The van der Waals surface area contributed by atoms with Crippen molar-refractivity contribution in [3.05, 3.63) is 30.2 Å². The molecule has 0 bridgehead atoms. The van der Waals surface area contributed by atoms with Gasteiger partial charge in [-0.25, -0.2) is 9.50 Å². The molecule has 17 heavy (non-hydrogen) atoms. The molecule has 1 aliphatic rings. The molecule has 1 saturated carbocycles. The Kier molecular flexibility index (Phi) is 2.14. The second-order valence-corrected chi connectivity index (χ2v) is 4.37. The first-order chi connectivity index (χ1) is 8.26. The number of fused-ring (bicyclic) bond motifs is 1. The fraction of sp³-hybridized carbons (Fsp3) is 0.417. The lowest BCUT2D eigenvalue weighted by atomic mass is 9.68. The monoisotopic (exact) mass is 231 g/mol. The van der Waals surface area contributed by atoms with E-state index in [-0.39, 0.29) is 5.97 Å². The predicted molar refractivity (Wildman–Crippen MR) is 60.5 cm³/mol. The van der Waals surface area contributed by atoms with Gasteiger partial charge >= 0.3 is 5.97 Å². The van der Waals surface area contributed by atoms with Crippen molar-refractivity contribution in [3.8, 4) is 0 Å². The van der Waals surface area contributed by atoms with E-state index in [0.29, 0.717) is 5.82 Å². The summed E-state index contributed by atoms with van der Waals surface area (Å²) in [5.74, 6) is 0.362. The standard InChI is InChI=1S/C12H13N3O2/c1-17-11(16)12(6-4-7-12)10-13-9-5-2-3-8-15(9)14-10/h2-3,5,8H,4,6-7H2,1H3. The summed E-state index contributed by atoms with van der Waals surface area (Å²) >= 11 is 0. The van der Waals surface area contributed by atoms with Crippen LogP contribution >= 0.6 is 0 Å². The molecular weight excluding hydrogens is 218 g/mol. The molecule has 5 heteroatoms. The topological polar surface area (TPSA) is 56.5 Å². The van der Waals surface area contributed by atoms with Gasteiger partial charge in [-0.1, -0.05) is 12.5 Å². The summed E-state index contributed by atoms with van der Waals surface area (Å²) in [6, 6.07) is 5.66. The predicted octanol–water partition coefficient (Wildman–Crippen LogP) is 1.32. The van der Waals surface area contributed by atoms with Crippen LogP contribution in [0.4, 0.5) is 0 Å². The van der Waals surface area contributed by atoms with Crippen molar-refractivity contribution in [2.24, 2.45) is 0 Å². The minimum Gasteiger partial charge on any atom is -0.468 e. The van der Waals surface area contributed by atoms with Crippen LogP contribution in [0.5, 0.6) is 0 Å². The van der Waals surface area contributed by atoms with Gasteiger partial charge in [0.05, 0.1) is 7.11 Å². The van der Waals surface area contributed by atoms with Gasteiger partial charge < -0.3 is 4.74 Å². The molecule has 3 rings (SSSR count). The van der Waals surface area contributed by atoms with Crippen LogP contribution in [-0.4, -0.2) is 27.7 Å². The van der Waals surface area contributed by atoms with Gasteiger partial charge in [0.15, 0.2) is 11.5 Å². The number of ether oxygens (including phenoxy) is 1. The Morgan fingerprint density at radius 1 is 1.47 bits per heavy atom. The van der Waals surface area contributed by atoms with Crippen LogP contribution in [0.25, 0.3) is 5.65 Å². The van der Waals surface area contributed by atoms with Gasteiger partial charge in [0.2, 0.25) is 0 Å². The van der Waals surface area contributed by atoms with Crippen LogP contribution in [-0.2, 0) is 14.9 Å². The van der Waals surface area contributed by atoms with Crippen molar-refractivity contribution in [1.29, 1.82) is 0 Å². The lowest BCUT2D eigenvalue weighted by Crippen LogP contribution is -2.44. The van der Waals surface area contributed by atoms with Gasteiger partial charge in [-0.3, -0.25) is 4.79 Å². The van der Waals surface area contributed by atoms with E-state index >= 15 is 0 Å². The highest BCUT2D eigenvalue weighted by molar-refractivity contribution is 5.83. The van der Waals surface area contributed by atoms with Crippen LogP contribution in [0.15, 0.2) is 24.4 Å². The van der Waals surface area contributed by atoms with E-state index in [1.165, 1.54) is 7.11 Å². The highest BCUT2D eigenvalue weighted by atomic mass is 16.5. The summed E-state index contributed by atoms with van der Waals surface area (Å²) in [6.07, 6.45) is 4.40. The number of methoxy groups -OCH3 is 1. The Morgan fingerprint density at radius 2 is 2.29 bits per heavy atom. The van der Waals surface area contributed by atoms with Gasteiger partial charge in [0.25, 0.3) is 0 Å². The summed E-state index contributed by atoms with van der Waals surface area (Å²) in [5, 5.41) is 4.38. The second kappa shape index (κ2) is 3.55. The molecular formula is C12H13N3O2. The highest BCUT2D eigenvalue weighted by Gasteiger charge is 2.50. The van der Waals surface area contributed by atoms with Crippen molar-refractivity contribution in [1.82, 2.24) is 14.6 Å². The van der Waals surface area contributed by atoms with Crippen molar-refractivity contribution in [2.45, 2.75) is 24.7 Å². The Bertz CT molecular complexity index is 539. The van der Waals surface area contributed by atoms with E-state index in [1.807, 2.05) is 24.4 Å². The number of hydrogen-bond donors (Lipinski definition) is 0. The smallest absolute Gasteiger partial charge is 0.319 e. The maximum absolute atomic E-state index is 11.9. The molecule has 0 spiro atoms. The zero-order valence-corrected chi connectivity index (χ0v) is 9.59. The molecule has 0 saturated heterocycles. The number of esters is 1. The Morgan fingerprint density at radius 3 is 2.88 bits per heavy atom. The molecule has 0 unspecified atom stereocenters. The Hall–Kier alpha value is -1.91. The van der Waals surface area contributed by atoms with E-state index in [2.05, 4.69) is 10.1 Å². The SMILES string of the molecule is COC(=O)C1(c2nc3ccccn3n2)CCC1. The second-order valence-electron chi connectivity index (χ2n) is 4.37. The molecule has 2 aromatic heterocycles. The van der Waals surface area contributed by atoms with Crippen LogP contribution in [0, 0.1) is 0 Å². The molecule has 5 nitrogen and oxygen atoms in total. The van der Waals surface area contributed by atoms with Gasteiger partial charge in [-0.05, 0) is 25.0 Å². The molecule has 0 aromatic carbocycles. The molecule has 2 aromatic rings. The maximum Gasteiger partial charge on any atom is 0.319 e.